The van der Waals surface area contributed by atoms with E-state index in [-0.39, 0.29) is 6.10 Å². The molecule has 0 amide bonds. The Hall–Kier alpha value is -1.86. The first-order chi connectivity index (χ1) is 14.3. The van der Waals surface area contributed by atoms with Crippen LogP contribution >= 0.6 is 0 Å². The van der Waals surface area contributed by atoms with Gasteiger partial charge >= 0.3 is 0 Å². The van der Waals surface area contributed by atoms with Gasteiger partial charge in [0, 0.05) is 38.6 Å². The molecule has 1 unspecified atom stereocenters. The van der Waals surface area contributed by atoms with Gasteiger partial charge in [-0.1, -0.05) is 12.5 Å². The Morgan fingerprint density at radius 2 is 2.07 bits per heavy atom. The SMILES string of the molecule is CCNC(=NCc1ccc(OC2CCCCC2)nc1)NCCCOC1CCOC1. The van der Waals surface area contributed by atoms with Crippen molar-refractivity contribution in [2.75, 3.05) is 32.9 Å². The minimum Gasteiger partial charge on any atom is -0.474 e. The summed E-state index contributed by atoms with van der Waals surface area (Å²) in [4.78, 5) is 9.12. The van der Waals surface area contributed by atoms with Gasteiger partial charge in [0.2, 0.25) is 5.88 Å². The first-order valence-electron chi connectivity index (χ1n) is 11.2. The van der Waals surface area contributed by atoms with Crippen LogP contribution in [0.5, 0.6) is 5.88 Å². The quantitative estimate of drug-likeness (QED) is 0.355. The zero-order valence-electron chi connectivity index (χ0n) is 17.7. The van der Waals surface area contributed by atoms with E-state index in [2.05, 4.69) is 33.6 Å². The van der Waals surface area contributed by atoms with Crippen molar-refractivity contribution in [1.82, 2.24) is 15.6 Å². The maximum Gasteiger partial charge on any atom is 0.213 e. The lowest BCUT2D eigenvalue weighted by molar-refractivity contribution is 0.0420. The second-order valence-corrected chi connectivity index (χ2v) is 7.71. The Labute approximate surface area is 174 Å². The molecular formula is C22H36N4O3. The van der Waals surface area contributed by atoms with E-state index in [1.165, 1.54) is 19.3 Å². The second kappa shape index (κ2) is 12.6. The molecule has 0 spiro atoms. The molecule has 1 saturated carbocycles. The molecule has 1 aliphatic heterocycles. The van der Waals surface area contributed by atoms with Gasteiger partial charge in [-0.05, 0) is 51.0 Å². The van der Waals surface area contributed by atoms with E-state index >= 15 is 0 Å². The predicted molar refractivity (Wildman–Crippen MR) is 114 cm³/mol. The van der Waals surface area contributed by atoms with Gasteiger partial charge in [-0.3, -0.25) is 0 Å². The lowest BCUT2D eigenvalue weighted by Gasteiger charge is -2.22. The zero-order valence-corrected chi connectivity index (χ0v) is 17.7. The molecule has 2 fully saturated rings. The Morgan fingerprint density at radius 3 is 2.79 bits per heavy atom. The minimum atomic E-state index is 0.273. The molecule has 1 aliphatic carbocycles. The summed E-state index contributed by atoms with van der Waals surface area (Å²) in [6, 6.07) is 4.01. The molecule has 2 N–H and O–H groups in total. The number of hydrogen-bond acceptors (Lipinski definition) is 5. The molecule has 29 heavy (non-hydrogen) atoms. The van der Waals surface area contributed by atoms with Crippen LogP contribution in [0, 0.1) is 0 Å². The molecule has 3 rings (SSSR count). The highest BCUT2D eigenvalue weighted by molar-refractivity contribution is 5.79. The number of nitrogens with one attached hydrogen (secondary N) is 2. The number of guanidine groups is 1. The highest BCUT2D eigenvalue weighted by Crippen LogP contribution is 2.22. The van der Waals surface area contributed by atoms with Crippen molar-refractivity contribution in [1.29, 1.82) is 0 Å². The summed E-state index contributed by atoms with van der Waals surface area (Å²) in [6.07, 6.45) is 10.6. The van der Waals surface area contributed by atoms with E-state index in [9.17, 15) is 0 Å². The van der Waals surface area contributed by atoms with Crippen LogP contribution in [0.2, 0.25) is 0 Å². The normalized spacial score (nSPS) is 20.6. The Balaban J connectivity index is 1.37. The summed E-state index contributed by atoms with van der Waals surface area (Å²) in [5.74, 6) is 1.54. The lowest BCUT2D eigenvalue weighted by Crippen LogP contribution is -2.38. The molecule has 7 nitrogen and oxygen atoms in total. The number of pyridine rings is 1. The van der Waals surface area contributed by atoms with Gasteiger partial charge in [0.25, 0.3) is 0 Å². The topological polar surface area (TPSA) is 77.0 Å². The average Bonchev–Trinajstić information content (AvgIpc) is 3.27. The van der Waals surface area contributed by atoms with Gasteiger partial charge in [0.1, 0.15) is 6.10 Å². The van der Waals surface area contributed by atoms with Crippen LogP contribution in [0.25, 0.3) is 0 Å². The van der Waals surface area contributed by atoms with Crippen molar-refractivity contribution in [3.05, 3.63) is 23.9 Å². The predicted octanol–water partition coefficient (Wildman–Crippen LogP) is 3.04. The average molecular weight is 405 g/mol. The number of nitrogens with zero attached hydrogens (tertiary/aromatic N) is 2. The fourth-order valence-electron chi connectivity index (χ4n) is 3.61. The molecule has 162 valence electrons. The summed E-state index contributed by atoms with van der Waals surface area (Å²) in [5.41, 5.74) is 1.07. The van der Waals surface area contributed by atoms with Crippen molar-refractivity contribution in [2.45, 2.75) is 70.6 Å². The van der Waals surface area contributed by atoms with Crippen LogP contribution < -0.4 is 15.4 Å². The van der Waals surface area contributed by atoms with Gasteiger partial charge in [0.05, 0.1) is 19.3 Å². The van der Waals surface area contributed by atoms with Crippen LogP contribution in [0.1, 0.15) is 57.4 Å². The highest BCUT2D eigenvalue weighted by Gasteiger charge is 2.16. The fraction of sp³-hybridized carbons (Fsp3) is 0.727. The van der Waals surface area contributed by atoms with E-state index in [0.29, 0.717) is 12.6 Å². The standard InChI is InChI=1S/C22H36N4O3/c1-2-23-22(24-12-6-13-28-20-11-14-27-17-20)26-16-18-9-10-21(25-15-18)29-19-7-4-3-5-8-19/h9-10,15,19-20H,2-8,11-14,16-17H2,1H3,(H2,23,24,26). The fourth-order valence-corrected chi connectivity index (χ4v) is 3.61. The van der Waals surface area contributed by atoms with Crippen LogP contribution in [-0.2, 0) is 16.0 Å². The third kappa shape index (κ3) is 8.19. The Kier molecular flexibility index (Phi) is 9.53. The molecule has 1 saturated heterocycles. The lowest BCUT2D eigenvalue weighted by atomic mass is 9.98. The monoisotopic (exact) mass is 404 g/mol. The molecule has 2 heterocycles. The third-order valence-corrected chi connectivity index (χ3v) is 5.26. The van der Waals surface area contributed by atoms with E-state index < -0.39 is 0 Å². The van der Waals surface area contributed by atoms with Crippen molar-refractivity contribution in [2.24, 2.45) is 4.99 Å². The molecule has 0 bridgehead atoms. The minimum absolute atomic E-state index is 0.273. The van der Waals surface area contributed by atoms with Gasteiger partial charge in [-0.15, -0.1) is 0 Å². The van der Waals surface area contributed by atoms with Crippen LogP contribution in [0.15, 0.2) is 23.3 Å². The summed E-state index contributed by atoms with van der Waals surface area (Å²) in [7, 11) is 0. The molecule has 2 aliphatic rings. The van der Waals surface area contributed by atoms with Crippen molar-refractivity contribution < 1.29 is 14.2 Å². The number of rotatable bonds is 10. The van der Waals surface area contributed by atoms with Crippen molar-refractivity contribution in [3.63, 3.8) is 0 Å². The maximum atomic E-state index is 6.00. The van der Waals surface area contributed by atoms with Gasteiger partial charge in [-0.25, -0.2) is 9.98 Å². The second-order valence-electron chi connectivity index (χ2n) is 7.71. The first kappa shape index (κ1) is 21.8. The van der Waals surface area contributed by atoms with E-state index in [4.69, 9.17) is 14.2 Å². The van der Waals surface area contributed by atoms with Crippen LogP contribution in [0.4, 0.5) is 0 Å². The summed E-state index contributed by atoms with van der Waals surface area (Å²) >= 11 is 0. The van der Waals surface area contributed by atoms with Crippen LogP contribution in [-0.4, -0.2) is 56.1 Å². The maximum absolute atomic E-state index is 6.00. The van der Waals surface area contributed by atoms with E-state index in [0.717, 1.165) is 76.0 Å². The largest absolute Gasteiger partial charge is 0.474 e. The Morgan fingerprint density at radius 1 is 1.17 bits per heavy atom. The molecule has 0 radical (unpaired) electrons. The Bertz CT molecular complexity index is 597. The molecule has 0 aromatic carbocycles. The van der Waals surface area contributed by atoms with E-state index in [1.807, 2.05) is 12.3 Å². The van der Waals surface area contributed by atoms with E-state index in [1.54, 1.807) is 0 Å². The zero-order chi connectivity index (χ0) is 20.2. The van der Waals surface area contributed by atoms with Gasteiger partial charge < -0.3 is 24.8 Å². The van der Waals surface area contributed by atoms with Gasteiger partial charge in [-0.2, -0.15) is 0 Å². The molecular weight excluding hydrogens is 368 g/mol. The van der Waals surface area contributed by atoms with Crippen molar-refractivity contribution in [3.8, 4) is 5.88 Å². The van der Waals surface area contributed by atoms with Crippen molar-refractivity contribution >= 4 is 5.96 Å². The first-order valence-corrected chi connectivity index (χ1v) is 11.2. The summed E-state index contributed by atoms with van der Waals surface area (Å²) in [5, 5.41) is 6.65. The number of aliphatic imine (C=N–C) groups is 1. The molecule has 1 aromatic rings. The highest BCUT2D eigenvalue weighted by atomic mass is 16.5. The third-order valence-electron chi connectivity index (χ3n) is 5.26. The number of aromatic nitrogens is 1. The summed E-state index contributed by atoms with van der Waals surface area (Å²) in [6.45, 7) is 6.60. The molecule has 1 atom stereocenters. The number of ether oxygens (including phenoxy) is 3. The van der Waals surface area contributed by atoms with Crippen LogP contribution in [0.3, 0.4) is 0 Å². The molecule has 7 heteroatoms. The molecule has 1 aromatic heterocycles. The summed E-state index contributed by atoms with van der Waals surface area (Å²) < 4.78 is 17.1. The smallest absolute Gasteiger partial charge is 0.213 e. The van der Waals surface area contributed by atoms with Gasteiger partial charge in [0.15, 0.2) is 5.96 Å². The number of hydrogen-bond donors (Lipinski definition) is 2.